The first-order chi connectivity index (χ1) is 14.0. The van der Waals surface area contributed by atoms with Gasteiger partial charge in [0.1, 0.15) is 5.75 Å². The van der Waals surface area contributed by atoms with Crippen LogP contribution in [0.25, 0.3) is 0 Å². The number of carbonyl (C=O) groups excluding carboxylic acids is 1. The minimum absolute atomic E-state index is 0.0484. The molecule has 0 aliphatic carbocycles. The van der Waals surface area contributed by atoms with Gasteiger partial charge in [-0.05, 0) is 73.9 Å². The molecule has 0 unspecified atom stereocenters. The second-order valence-electron chi connectivity index (χ2n) is 7.07. The van der Waals surface area contributed by atoms with Gasteiger partial charge in [-0.3, -0.25) is 4.79 Å². The maximum atomic E-state index is 12.6. The maximum absolute atomic E-state index is 12.6. The van der Waals surface area contributed by atoms with Crippen LogP contribution in [0.1, 0.15) is 40.0 Å². The summed E-state index contributed by atoms with van der Waals surface area (Å²) in [5.74, 6) is 1.57. The van der Waals surface area contributed by atoms with Crippen molar-refractivity contribution >= 4 is 17.7 Å². The van der Waals surface area contributed by atoms with Gasteiger partial charge in [0.15, 0.2) is 0 Å². The van der Waals surface area contributed by atoms with E-state index in [0.717, 1.165) is 17.1 Å². The number of hydrogen-bond acceptors (Lipinski definition) is 3. The molecule has 0 heterocycles. The molecule has 0 fully saturated rings. The first-order valence-electron chi connectivity index (χ1n) is 9.81. The Hall–Kier alpha value is -2.72. The van der Waals surface area contributed by atoms with E-state index in [1.54, 1.807) is 11.8 Å². The lowest BCUT2D eigenvalue weighted by Crippen LogP contribution is -2.26. The highest BCUT2D eigenvalue weighted by molar-refractivity contribution is 7.99. The topological polar surface area (TPSA) is 38.3 Å². The second-order valence-corrected chi connectivity index (χ2v) is 8.24. The van der Waals surface area contributed by atoms with E-state index in [1.807, 2.05) is 49.4 Å². The Morgan fingerprint density at radius 2 is 1.69 bits per heavy atom. The quantitative estimate of drug-likeness (QED) is 0.371. The number of thioether (sulfide) groups is 1. The summed E-state index contributed by atoms with van der Waals surface area (Å²) in [6, 6.07) is 23.8. The van der Waals surface area contributed by atoms with E-state index >= 15 is 0 Å². The van der Waals surface area contributed by atoms with Crippen molar-refractivity contribution in [2.24, 2.45) is 0 Å². The number of amides is 1. The first-order valence-corrected chi connectivity index (χ1v) is 10.8. The minimum Gasteiger partial charge on any atom is -0.493 e. The molecule has 29 heavy (non-hydrogen) atoms. The molecule has 3 nitrogen and oxygen atoms in total. The SMILES string of the molecule is Cc1ccc([C@@H](C)NC(=O)c2ccc(OCCSc3ccccc3)cc2)cc1C. The Balaban J connectivity index is 1.48. The predicted octanol–water partition coefficient (Wildman–Crippen LogP) is 5.97. The predicted molar refractivity (Wildman–Crippen MR) is 121 cm³/mol. The molecular weight excluding hydrogens is 378 g/mol. The van der Waals surface area contributed by atoms with Crippen LogP contribution < -0.4 is 10.1 Å². The van der Waals surface area contributed by atoms with Gasteiger partial charge in [-0.2, -0.15) is 0 Å². The molecule has 1 N–H and O–H groups in total. The number of carbonyl (C=O) groups is 1. The van der Waals surface area contributed by atoms with Crippen LogP contribution in [0, 0.1) is 13.8 Å². The molecule has 1 atom stereocenters. The van der Waals surface area contributed by atoms with Crippen molar-refractivity contribution in [3.63, 3.8) is 0 Å². The molecule has 0 aromatic heterocycles. The molecule has 3 aromatic carbocycles. The van der Waals surface area contributed by atoms with Gasteiger partial charge in [-0.25, -0.2) is 0 Å². The third kappa shape index (κ3) is 6.13. The molecule has 0 saturated carbocycles. The van der Waals surface area contributed by atoms with Gasteiger partial charge in [-0.15, -0.1) is 11.8 Å². The molecule has 3 aromatic rings. The van der Waals surface area contributed by atoms with E-state index in [1.165, 1.54) is 16.0 Å². The molecule has 0 saturated heterocycles. The van der Waals surface area contributed by atoms with E-state index in [2.05, 4.69) is 49.5 Å². The van der Waals surface area contributed by atoms with E-state index in [9.17, 15) is 4.79 Å². The fourth-order valence-electron chi connectivity index (χ4n) is 2.94. The molecule has 4 heteroatoms. The lowest BCUT2D eigenvalue weighted by molar-refractivity contribution is 0.0940. The summed E-state index contributed by atoms with van der Waals surface area (Å²) in [5.41, 5.74) is 4.23. The highest BCUT2D eigenvalue weighted by atomic mass is 32.2. The van der Waals surface area contributed by atoms with Crippen LogP contribution in [0.3, 0.4) is 0 Å². The van der Waals surface area contributed by atoms with Gasteiger partial charge >= 0.3 is 0 Å². The zero-order chi connectivity index (χ0) is 20.6. The van der Waals surface area contributed by atoms with E-state index in [-0.39, 0.29) is 11.9 Å². The van der Waals surface area contributed by atoms with Crippen LogP contribution in [-0.4, -0.2) is 18.3 Å². The van der Waals surface area contributed by atoms with Gasteiger partial charge in [0.25, 0.3) is 5.91 Å². The van der Waals surface area contributed by atoms with Crippen LogP contribution in [0.15, 0.2) is 77.7 Å². The molecule has 0 spiro atoms. The minimum atomic E-state index is -0.0816. The summed E-state index contributed by atoms with van der Waals surface area (Å²) in [6.45, 7) is 6.80. The van der Waals surface area contributed by atoms with Crippen LogP contribution >= 0.6 is 11.8 Å². The number of ether oxygens (including phenoxy) is 1. The van der Waals surface area contributed by atoms with Crippen molar-refractivity contribution in [1.29, 1.82) is 0 Å². The van der Waals surface area contributed by atoms with E-state index in [4.69, 9.17) is 4.74 Å². The zero-order valence-corrected chi connectivity index (χ0v) is 18.0. The van der Waals surface area contributed by atoms with Crippen molar-refractivity contribution in [3.05, 3.63) is 95.1 Å². The average Bonchev–Trinajstić information content (AvgIpc) is 2.74. The van der Waals surface area contributed by atoms with Crippen molar-refractivity contribution in [2.45, 2.75) is 31.7 Å². The molecule has 0 aliphatic rings. The fourth-order valence-corrected chi connectivity index (χ4v) is 3.69. The molecular formula is C25H27NO2S. The number of rotatable bonds is 8. The van der Waals surface area contributed by atoms with Crippen LogP contribution in [-0.2, 0) is 0 Å². The number of benzene rings is 3. The van der Waals surface area contributed by atoms with Gasteiger partial charge in [0.2, 0.25) is 0 Å². The summed E-state index contributed by atoms with van der Waals surface area (Å²) in [4.78, 5) is 13.8. The van der Waals surface area contributed by atoms with Crippen molar-refractivity contribution in [1.82, 2.24) is 5.32 Å². The second kappa shape index (κ2) is 10.2. The number of hydrogen-bond donors (Lipinski definition) is 1. The Labute approximate surface area is 177 Å². The average molecular weight is 406 g/mol. The monoisotopic (exact) mass is 405 g/mol. The normalized spacial score (nSPS) is 11.7. The lowest BCUT2D eigenvalue weighted by atomic mass is 10.0. The third-order valence-corrected chi connectivity index (χ3v) is 5.84. The van der Waals surface area contributed by atoms with E-state index in [0.29, 0.717) is 12.2 Å². The largest absolute Gasteiger partial charge is 0.493 e. The number of aryl methyl sites for hydroxylation is 2. The standard InChI is InChI=1S/C25H27NO2S/c1-18-9-10-22(17-19(18)2)20(3)26-25(27)21-11-13-23(14-12-21)28-15-16-29-24-7-5-4-6-8-24/h4-14,17,20H,15-16H2,1-3H3,(H,26,27)/t20-/m1/s1. The lowest BCUT2D eigenvalue weighted by Gasteiger charge is -2.16. The summed E-state index contributed by atoms with van der Waals surface area (Å²) < 4.78 is 5.78. The van der Waals surface area contributed by atoms with Crippen LogP contribution in [0.5, 0.6) is 5.75 Å². The molecule has 0 radical (unpaired) electrons. The van der Waals surface area contributed by atoms with Crippen LogP contribution in [0.4, 0.5) is 0 Å². The zero-order valence-electron chi connectivity index (χ0n) is 17.1. The van der Waals surface area contributed by atoms with Gasteiger partial charge in [0, 0.05) is 16.2 Å². The summed E-state index contributed by atoms with van der Waals surface area (Å²) >= 11 is 1.77. The van der Waals surface area contributed by atoms with Gasteiger partial charge in [-0.1, -0.05) is 36.4 Å². The third-order valence-electron chi connectivity index (χ3n) is 4.86. The Kier molecular flexibility index (Phi) is 7.36. The Morgan fingerprint density at radius 3 is 2.38 bits per heavy atom. The molecule has 0 aliphatic heterocycles. The molecule has 3 rings (SSSR count). The van der Waals surface area contributed by atoms with Crippen molar-refractivity contribution in [2.75, 3.05) is 12.4 Å². The molecule has 1 amide bonds. The summed E-state index contributed by atoms with van der Waals surface area (Å²) in [5, 5.41) is 3.07. The van der Waals surface area contributed by atoms with Crippen molar-refractivity contribution in [3.8, 4) is 5.75 Å². The number of nitrogens with one attached hydrogen (secondary N) is 1. The first kappa shape index (κ1) is 21.0. The Bertz CT molecular complexity index is 939. The van der Waals surface area contributed by atoms with E-state index < -0.39 is 0 Å². The highest BCUT2D eigenvalue weighted by Gasteiger charge is 2.12. The van der Waals surface area contributed by atoms with Gasteiger partial charge < -0.3 is 10.1 Å². The fraction of sp³-hybridized carbons (Fsp3) is 0.240. The Morgan fingerprint density at radius 1 is 0.966 bits per heavy atom. The van der Waals surface area contributed by atoms with Crippen molar-refractivity contribution < 1.29 is 9.53 Å². The smallest absolute Gasteiger partial charge is 0.251 e. The van der Waals surface area contributed by atoms with Crippen LogP contribution in [0.2, 0.25) is 0 Å². The van der Waals surface area contributed by atoms with Gasteiger partial charge in [0.05, 0.1) is 12.6 Å². The highest BCUT2D eigenvalue weighted by Crippen LogP contribution is 2.19. The molecule has 0 bridgehead atoms. The maximum Gasteiger partial charge on any atom is 0.251 e. The summed E-state index contributed by atoms with van der Waals surface area (Å²) in [7, 11) is 0. The molecule has 150 valence electrons. The summed E-state index contributed by atoms with van der Waals surface area (Å²) in [6.07, 6.45) is 0.